The van der Waals surface area contributed by atoms with E-state index in [9.17, 15) is 4.79 Å². The molecular weight excluding hydrogens is 328 g/mol. The van der Waals surface area contributed by atoms with Crippen molar-refractivity contribution in [3.63, 3.8) is 0 Å². The van der Waals surface area contributed by atoms with Gasteiger partial charge in [0.2, 0.25) is 0 Å². The number of fused-ring (bicyclic) bond motifs is 2. The molecule has 0 fully saturated rings. The minimum atomic E-state index is -0.481. The third kappa shape index (κ3) is 3.23. The molecule has 0 amide bonds. The van der Waals surface area contributed by atoms with Crippen LogP contribution in [0, 0.1) is 5.92 Å². The number of hydrogen-bond acceptors (Lipinski definition) is 5. The Kier molecular flexibility index (Phi) is 5.11. The second kappa shape index (κ2) is 7.32. The molecule has 3 rings (SSSR count). The summed E-state index contributed by atoms with van der Waals surface area (Å²) in [5.41, 5.74) is 9.33. The first kappa shape index (κ1) is 18.2. The first-order valence-corrected chi connectivity index (χ1v) is 9.08. The Hall–Kier alpha value is -2.63. The average molecular weight is 354 g/mol. The third-order valence-corrected chi connectivity index (χ3v) is 4.77. The minimum absolute atomic E-state index is 0.116. The molecule has 6 heteroatoms. The molecule has 2 N–H and O–H groups in total. The maximum atomic E-state index is 12.3. The van der Waals surface area contributed by atoms with Crippen molar-refractivity contribution in [1.29, 1.82) is 0 Å². The number of hydrogen-bond donors (Lipinski definition) is 1. The molecular formula is C20H26N4O2. The van der Waals surface area contributed by atoms with E-state index in [-0.39, 0.29) is 6.04 Å². The van der Waals surface area contributed by atoms with E-state index in [4.69, 9.17) is 15.5 Å². The molecule has 2 aromatic heterocycles. The van der Waals surface area contributed by atoms with Crippen molar-refractivity contribution in [1.82, 2.24) is 14.5 Å². The van der Waals surface area contributed by atoms with Gasteiger partial charge in [-0.2, -0.15) is 0 Å². The summed E-state index contributed by atoms with van der Waals surface area (Å²) >= 11 is 0. The van der Waals surface area contributed by atoms with E-state index < -0.39 is 5.97 Å². The zero-order valence-corrected chi connectivity index (χ0v) is 15.8. The second-order valence-electron chi connectivity index (χ2n) is 7.18. The van der Waals surface area contributed by atoms with Gasteiger partial charge in [-0.05, 0) is 31.4 Å². The van der Waals surface area contributed by atoms with Gasteiger partial charge < -0.3 is 15.0 Å². The molecule has 0 saturated carbocycles. The van der Waals surface area contributed by atoms with Gasteiger partial charge in [-0.1, -0.05) is 38.8 Å². The average Bonchev–Trinajstić information content (AvgIpc) is 2.89. The number of nitrogens with zero attached hydrogens (tertiary/aromatic N) is 3. The highest BCUT2D eigenvalue weighted by molar-refractivity contribution is 6.08. The Morgan fingerprint density at radius 2 is 1.81 bits per heavy atom. The molecule has 0 bridgehead atoms. The molecule has 0 unspecified atom stereocenters. The summed E-state index contributed by atoms with van der Waals surface area (Å²) in [6.07, 6.45) is 3.20. The predicted molar refractivity (Wildman–Crippen MR) is 104 cm³/mol. The number of carbonyl (C=O) groups is 1. The van der Waals surface area contributed by atoms with Gasteiger partial charge in [-0.25, -0.2) is 14.8 Å². The van der Waals surface area contributed by atoms with Crippen LogP contribution in [-0.4, -0.2) is 27.6 Å². The van der Waals surface area contributed by atoms with Crippen LogP contribution in [0.15, 0.2) is 24.3 Å². The Morgan fingerprint density at radius 3 is 2.42 bits per heavy atom. The molecule has 1 aromatic carbocycles. The highest BCUT2D eigenvalue weighted by Crippen LogP contribution is 2.33. The summed E-state index contributed by atoms with van der Waals surface area (Å²) in [7, 11) is 1.35. The fourth-order valence-corrected chi connectivity index (χ4v) is 3.38. The molecule has 0 spiro atoms. The van der Waals surface area contributed by atoms with Crippen LogP contribution in [0.1, 0.15) is 56.4 Å². The van der Waals surface area contributed by atoms with Crippen molar-refractivity contribution in [3.8, 4) is 0 Å². The van der Waals surface area contributed by atoms with E-state index in [0.29, 0.717) is 28.5 Å². The van der Waals surface area contributed by atoms with E-state index in [0.717, 1.165) is 30.3 Å². The van der Waals surface area contributed by atoms with Crippen molar-refractivity contribution < 1.29 is 9.53 Å². The van der Waals surface area contributed by atoms with E-state index in [1.165, 1.54) is 7.11 Å². The Labute approximate surface area is 153 Å². The van der Waals surface area contributed by atoms with Gasteiger partial charge in [0.15, 0.2) is 5.65 Å². The molecule has 0 saturated heterocycles. The fraction of sp³-hybridized carbons (Fsp3) is 0.450. The van der Waals surface area contributed by atoms with Gasteiger partial charge in [0, 0.05) is 6.04 Å². The lowest BCUT2D eigenvalue weighted by atomic mass is 10.0. The molecule has 0 aliphatic carbocycles. The lowest BCUT2D eigenvalue weighted by Gasteiger charge is -2.17. The molecule has 6 nitrogen and oxygen atoms in total. The molecule has 0 aliphatic heterocycles. The van der Waals surface area contributed by atoms with Crippen LogP contribution in [0.3, 0.4) is 0 Å². The van der Waals surface area contributed by atoms with Crippen molar-refractivity contribution in [2.45, 2.75) is 46.1 Å². The number of esters is 1. The van der Waals surface area contributed by atoms with Gasteiger partial charge in [0.05, 0.1) is 18.1 Å². The second-order valence-corrected chi connectivity index (χ2v) is 7.18. The number of nitrogen functional groups attached to an aromatic ring is 1. The van der Waals surface area contributed by atoms with Crippen molar-refractivity contribution in [2.75, 3.05) is 12.8 Å². The number of anilines is 1. The summed E-state index contributed by atoms with van der Waals surface area (Å²) in [5.74, 6) is 0.555. The quantitative estimate of drug-likeness (QED) is 0.666. The predicted octanol–water partition coefficient (Wildman–Crippen LogP) is 4.34. The summed E-state index contributed by atoms with van der Waals surface area (Å²) in [4.78, 5) is 21.7. The zero-order valence-electron chi connectivity index (χ0n) is 15.8. The number of rotatable bonds is 6. The lowest BCUT2D eigenvalue weighted by Crippen LogP contribution is -2.12. The highest BCUT2D eigenvalue weighted by Gasteiger charge is 2.26. The van der Waals surface area contributed by atoms with Crippen LogP contribution in [-0.2, 0) is 4.74 Å². The van der Waals surface area contributed by atoms with Crippen molar-refractivity contribution in [2.24, 2.45) is 5.92 Å². The number of nitrogens with two attached hydrogens (primary N) is 1. The van der Waals surface area contributed by atoms with E-state index in [2.05, 4.69) is 25.8 Å². The smallest absolute Gasteiger partial charge is 0.343 e. The minimum Gasteiger partial charge on any atom is -0.465 e. The lowest BCUT2D eigenvalue weighted by molar-refractivity contribution is 0.0604. The largest absolute Gasteiger partial charge is 0.465 e. The normalized spacial score (nSPS) is 12.8. The third-order valence-electron chi connectivity index (χ3n) is 4.77. The van der Waals surface area contributed by atoms with Gasteiger partial charge in [0.1, 0.15) is 16.9 Å². The summed E-state index contributed by atoms with van der Waals surface area (Å²) in [5, 5.41) is 0. The first-order chi connectivity index (χ1) is 12.4. The van der Waals surface area contributed by atoms with Crippen LogP contribution in [0.25, 0.3) is 22.2 Å². The number of ether oxygens (including phenoxy) is 1. The highest BCUT2D eigenvalue weighted by atomic mass is 16.5. The molecule has 3 aromatic rings. The van der Waals surface area contributed by atoms with Gasteiger partial charge in [-0.15, -0.1) is 0 Å². The molecule has 138 valence electrons. The number of carbonyl (C=O) groups excluding carboxylic acids is 1. The van der Waals surface area contributed by atoms with Crippen LogP contribution in [0.2, 0.25) is 0 Å². The molecule has 1 atom stereocenters. The summed E-state index contributed by atoms with van der Waals surface area (Å²) < 4.78 is 6.87. The monoisotopic (exact) mass is 354 g/mol. The van der Waals surface area contributed by atoms with Crippen molar-refractivity contribution in [3.05, 3.63) is 29.8 Å². The number of methoxy groups -OCH3 is 1. The Bertz CT molecular complexity index is 946. The molecule has 26 heavy (non-hydrogen) atoms. The molecule has 0 aliphatic rings. The van der Waals surface area contributed by atoms with Gasteiger partial charge >= 0.3 is 5.97 Å². The summed E-state index contributed by atoms with van der Waals surface area (Å²) in [6.45, 7) is 6.54. The van der Waals surface area contributed by atoms with Crippen LogP contribution < -0.4 is 5.73 Å². The number of para-hydroxylation sites is 2. The van der Waals surface area contributed by atoms with Crippen molar-refractivity contribution >= 4 is 34.0 Å². The Morgan fingerprint density at radius 1 is 1.15 bits per heavy atom. The van der Waals surface area contributed by atoms with E-state index >= 15 is 0 Å². The maximum Gasteiger partial charge on any atom is 0.343 e. The maximum absolute atomic E-state index is 12.3. The first-order valence-electron chi connectivity index (χ1n) is 9.08. The fourth-order valence-electron chi connectivity index (χ4n) is 3.38. The van der Waals surface area contributed by atoms with Crippen LogP contribution in [0.4, 0.5) is 5.82 Å². The SMILES string of the molecule is COC(=O)c1c(N)n([C@@H](C)CCCC(C)C)c2nc3ccccc3nc12. The molecule has 0 radical (unpaired) electrons. The van der Waals surface area contributed by atoms with E-state index in [1.54, 1.807) is 0 Å². The van der Waals surface area contributed by atoms with Gasteiger partial charge in [-0.3, -0.25) is 0 Å². The topological polar surface area (TPSA) is 83.0 Å². The summed E-state index contributed by atoms with van der Waals surface area (Å²) in [6, 6.07) is 7.73. The van der Waals surface area contributed by atoms with Crippen LogP contribution >= 0.6 is 0 Å². The number of benzene rings is 1. The van der Waals surface area contributed by atoms with Gasteiger partial charge in [0.25, 0.3) is 0 Å². The van der Waals surface area contributed by atoms with E-state index in [1.807, 2.05) is 28.8 Å². The van der Waals surface area contributed by atoms with Crippen LogP contribution in [0.5, 0.6) is 0 Å². The Balaban J connectivity index is 2.16. The number of aromatic nitrogens is 3. The zero-order chi connectivity index (χ0) is 18.8. The molecule has 2 heterocycles. The standard InChI is InChI=1S/C20H26N4O2/c1-12(2)8-7-9-13(3)24-18(21)16(20(25)26-4)17-19(24)23-15-11-6-5-10-14(15)22-17/h5-6,10-13H,7-9,21H2,1-4H3/t13-/m0/s1.